The molecule has 10 heteroatoms. The van der Waals surface area contributed by atoms with Crippen molar-refractivity contribution in [3.8, 4) is 0 Å². The molecule has 0 saturated carbocycles. The van der Waals surface area contributed by atoms with Crippen LogP contribution >= 0.6 is 15.9 Å². The Labute approximate surface area is 180 Å². The Kier molecular flexibility index (Phi) is 6.35. The van der Waals surface area contributed by atoms with E-state index in [0.29, 0.717) is 29.1 Å². The van der Waals surface area contributed by atoms with Crippen LogP contribution in [0.2, 0.25) is 0 Å². The van der Waals surface area contributed by atoms with Gasteiger partial charge in [0.1, 0.15) is 6.04 Å². The highest BCUT2D eigenvalue weighted by Crippen LogP contribution is 2.30. The fourth-order valence-corrected chi connectivity index (χ4v) is 3.54. The van der Waals surface area contributed by atoms with E-state index in [1.807, 2.05) is 6.92 Å². The third kappa shape index (κ3) is 4.75. The molecule has 0 bridgehead atoms. The van der Waals surface area contributed by atoms with Crippen LogP contribution in [0.5, 0.6) is 0 Å². The Balaban J connectivity index is 1.81. The Morgan fingerprint density at radius 3 is 2.63 bits per heavy atom. The molecule has 6 nitrogen and oxygen atoms in total. The second kappa shape index (κ2) is 8.63. The zero-order chi connectivity index (χ0) is 22.1. The van der Waals surface area contributed by atoms with Crippen molar-refractivity contribution in [3.63, 3.8) is 0 Å². The first-order valence-corrected chi connectivity index (χ1v) is 10.1. The maximum absolute atomic E-state index is 13.0. The second-order valence-electron chi connectivity index (χ2n) is 6.95. The van der Waals surface area contributed by atoms with Crippen LogP contribution in [-0.4, -0.2) is 25.5 Å². The van der Waals surface area contributed by atoms with Gasteiger partial charge >= 0.3 is 6.18 Å². The molecule has 0 fully saturated rings. The molecule has 1 N–H and O–H groups in total. The monoisotopic (exact) mass is 483 g/mol. The minimum atomic E-state index is -4.40. The summed E-state index contributed by atoms with van der Waals surface area (Å²) in [6.07, 6.45) is -0.526. The van der Waals surface area contributed by atoms with Gasteiger partial charge in [-0.1, -0.05) is 19.1 Å². The molecule has 0 aliphatic heterocycles. The molecule has 160 valence electrons. The van der Waals surface area contributed by atoms with Crippen LogP contribution in [0, 0.1) is 13.8 Å². The number of nitrogens with zero attached hydrogens (tertiary/aromatic N) is 4. The summed E-state index contributed by atoms with van der Waals surface area (Å²) >= 11 is 3.32. The third-order valence-corrected chi connectivity index (χ3v) is 5.20. The van der Waals surface area contributed by atoms with Gasteiger partial charge in [0.15, 0.2) is 0 Å². The highest BCUT2D eigenvalue weighted by molar-refractivity contribution is 9.10. The fraction of sp³-hybridized carbons (Fsp3) is 0.350. The topological polar surface area (TPSA) is 64.7 Å². The number of rotatable bonds is 6. The van der Waals surface area contributed by atoms with Crippen LogP contribution in [-0.2, 0) is 17.5 Å². The number of anilines is 1. The summed E-state index contributed by atoms with van der Waals surface area (Å²) in [5.41, 5.74) is 1.57. The van der Waals surface area contributed by atoms with Gasteiger partial charge in [-0.2, -0.15) is 23.4 Å². The lowest BCUT2D eigenvalue weighted by Gasteiger charge is -2.16. The van der Waals surface area contributed by atoms with Gasteiger partial charge in [-0.15, -0.1) is 0 Å². The number of nitrogens with one attached hydrogen (secondary N) is 1. The first-order chi connectivity index (χ1) is 14.1. The summed E-state index contributed by atoms with van der Waals surface area (Å²) in [4.78, 5) is 12.8. The number of alkyl halides is 3. The summed E-state index contributed by atoms with van der Waals surface area (Å²) < 4.78 is 42.8. The average molecular weight is 484 g/mol. The highest BCUT2D eigenvalue weighted by Gasteiger charge is 2.30. The van der Waals surface area contributed by atoms with Crippen molar-refractivity contribution < 1.29 is 18.0 Å². The summed E-state index contributed by atoms with van der Waals surface area (Å²) in [5, 5.41) is 11.5. The van der Waals surface area contributed by atoms with Crippen molar-refractivity contribution >= 4 is 27.5 Å². The molecule has 0 aliphatic carbocycles. The van der Waals surface area contributed by atoms with E-state index < -0.39 is 17.8 Å². The Morgan fingerprint density at radius 2 is 2.03 bits per heavy atom. The van der Waals surface area contributed by atoms with Crippen LogP contribution in [0.25, 0.3) is 0 Å². The smallest absolute Gasteiger partial charge is 0.321 e. The number of aryl methyl sites for hydroxylation is 1. The van der Waals surface area contributed by atoms with Crippen LogP contribution in [0.1, 0.15) is 41.9 Å². The van der Waals surface area contributed by atoms with Crippen LogP contribution in [0.4, 0.5) is 18.9 Å². The van der Waals surface area contributed by atoms with E-state index in [0.717, 1.165) is 16.6 Å². The van der Waals surface area contributed by atoms with Crippen LogP contribution < -0.4 is 5.32 Å². The van der Waals surface area contributed by atoms with Gasteiger partial charge in [-0.25, -0.2) is 0 Å². The molecule has 0 aliphatic rings. The van der Waals surface area contributed by atoms with Crippen molar-refractivity contribution in [2.75, 3.05) is 5.32 Å². The summed E-state index contributed by atoms with van der Waals surface area (Å²) in [6.45, 7) is 5.57. The van der Waals surface area contributed by atoms with Gasteiger partial charge in [0.05, 0.1) is 39.9 Å². The SMILES string of the molecule is CCC(C(=O)Nc1c(C)nn(Cc2cccc(C(F)(F)F)c2)c1C)n1cc(Br)cn1. The van der Waals surface area contributed by atoms with Gasteiger partial charge in [0.2, 0.25) is 5.91 Å². The Morgan fingerprint density at radius 1 is 1.30 bits per heavy atom. The predicted molar refractivity (Wildman–Crippen MR) is 110 cm³/mol. The van der Waals surface area contributed by atoms with E-state index in [1.165, 1.54) is 6.07 Å². The number of benzene rings is 1. The molecular formula is C20H21BrF3N5O. The van der Waals surface area contributed by atoms with Crippen molar-refractivity contribution in [1.29, 1.82) is 0 Å². The predicted octanol–water partition coefficient (Wildman–Crippen LogP) is 5.12. The lowest BCUT2D eigenvalue weighted by Crippen LogP contribution is -2.26. The highest BCUT2D eigenvalue weighted by atomic mass is 79.9. The number of hydrogen-bond acceptors (Lipinski definition) is 3. The summed E-state index contributed by atoms with van der Waals surface area (Å²) in [5.74, 6) is -0.238. The molecular weight excluding hydrogens is 463 g/mol. The van der Waals surface area contributed by atoms with Gasteiger partial charge in [-0.3, -0.25) is 14.2 Å². The lowest BCUT2D eigenvalue weighted by molar-refractivity contribution is -0.137. The number of hydrogen-bond donors (Lipinski definition) is 1. The molecule has 3 rings (SSSR count). The summed E-state index contributed by atoms with van der Waals surface area (Å²) in [7, 11) is 0. The first-order valence-electron chi connectivity index (χ1n) is 9.30. The van der Waals surface area contributed by atoms with E-state index in [2.05, 4.69) is 31.4 Å². The van der Waals surface area contributed by atoms with E-state index in [9.17, 15) is 18.0 Å². The largest absolute Gasteiger partial charge is 0.416 e. The molecule has 1 unspecified atom stereocenters. The molecule has 1 aromatic carbocycles. The molecule has 3 aromatic rings. The molecule has 0 saturated heterocycles. The van der Waals surface area contributed by atoms with E-state index >= 15 is 0 Å². The minimum absolute atomic E-state index is 0.162. The molecule has 2 aromatic heterocycles. The lowest BCUT2D eigenvalue weighted by atomic mass is 10.1. The number of amides is 1. The Bertz CT molecular complexity index is 1060. The zero-order valence-corrected chi connectivity index (χ0v) is 18.3. The molecule has 0 spiro atoms. The maximum Gasteiger partial charge on any atom is 0.416 e. The maximum atomic E-state index is 13.0. The molecule has 1 atom stereocenters. The van der Waals surface area contributed by atoms with Gasteiger partial charge < -0.3 is 5.32 Å². The first kappa shape index (κ1) is 22.1. The number of halogens is 4. The Hall–Kier alpha value is -2.62. The summed E-state index contributed by atoms with van der Waals surface area (Å²) in [6, 6.07) is 4.64. The third-order valence-electron chi connectivity index (χ3n) is 4.80. The number of aromatic nitrogens is 4. The number of carbonyl (C=O) groups excluding carboxylic acids is 1. The normalized spacial score (nSPS) is 12.8. The molecule has 2 heterocycles. The van der Waals surface area contributed by atoms with Crippen molar-refractivity contribution in [2.45, 2.75) is 46.0 Å². The zero-order valence-electron chi connectivity index (χ0n) is 16.7. The van der Waals surface area contributed by atoms with Gasteiger partial charge in [0, 0.05) is 6.20 Å². The average Bonchev–Trinajstić information content (AvgIpc) is 3.20. The van der Waals surface area contributed by atoms with E-state index in [4.69, 9.17) is 0 Å². The van der Waals surface area contributed by atoms with Crippen molar-refractivity contribution in [1.82, 2.24) is 19.6 Å². The van der Waals surface area contributed by atoms with E-state index in [-0.39, 0.29) is 12.5 Å². The second-order valence-corrected chi connectivity index (χ2v) is 7.87. The fourth-order valence-electron chi connectivity index (χ4n) is 3.24. The van der Waals surface area contributed by atoms with Gasteiger partial charge in [0.25, 0.3) is 0 Å². The van der Waals surface area contributed by atoms with Crippen molar-refractivity contribution in [2.24, 2.45) is 0 Å². The quantitative estimate of drug-likeness (QED) is 0.529. The van der Waals surface area contributed by atoms with Crippen LogP contribution in [0.3, 0.4) is 0 Å². The van der Waals surface area contributed by atoms with Crippen LogP contribution in [0.15, 0.2) is 41.1 Å². The van der Waals surface area contributed by atoms with Gasteiger partial charge in [-0.05, 0) is 53.9 Å². The minimum Gasteiger partial charge on any atom is -0.321 e. The number of carbonyl (C=O) groups is 1. The molecule has 0 radical (unpaired) electrons. The van der Waals surface area contributed by atoms with Crippen molar-refractivity contribution in [3.05, 3.63) is 63.6 Å². The standard InChI is InChI=1S/C20H21BrF3N5O/c1-4-17(29-11-16(21)9-25-29)19(30)26-18-12(2)27-28(13(18)3)10-14-6-5-7-15(8-14)20(22,23)24/h5-9,11,17H,4,10H2,1-3H3,(H,26,30). The van der Waals surface area contributed by atoms with E-state index in [1.54, 1.807) is 41.7 Å². The molecule has 1 amide bonds. The molecule has 30 heavy (non-hydrogen) atoms.